The van der Waals surface area contributed by atoms with E-state index >= 15 is 0 Å². The Bertz CT molecular complexity index is 3480. The Morgan fingerprint density at radius 3 is 1.64 bits per heavy atom. The molecule has 0 aliphatic rings. The van der Waals surface area contributed by atoms with Gasteiger partial charge in [0.15, 0.2) is 11.6 Å². The highest BCUT2D eigenvalue weighted by Crippen LogP contribution is 2.44. The quantitative estimate of drug-likeness (QED) is 0.179. The molecule has 0 aliphatic carbocycles. The van der Waals surface area contributed by atoms with Crippen molar-refractivity contribution in [3.63, 3.8) is 0 Å². The van der Waals surface area contributed by atoms with E-state index in [1.807, 2.05) is 12.1 Å². The summed E-state index contributed by atoms with van der Waals surface area (Å²) >= 11 is 0. The second kappa shape index (κ2) is 14.1. The van der Waals surface area contributed by atoms with Gasteiger partial charge < -0.3 is 4.42 Å². The van der Waals surface area contributed by atoms with Gasteiger partial charge in [-0.25, -0.2) is 4.98 Å². The Balaban J connectivity index is 0.00000129. The van der Waals surface area contributed by atoms with Gasteiger partial charge in [-0.3, -0.25) is 4.57 Å². The Labute approximate surface area is 340 Å². The SMILES string of the molecule is CCC.c1ccc2cc(-c3nc(-c4ccc5ccccc5c4)nc(-n4c5ccc6ccccc6c5c5cccc(-c6cccc7c6oc6ccccc67)c54)n3)ccc2c1. The van der Waals surface area contributed by atoms with Gasteiger partial charge in [0.25, 0.3) is 0 Å². The highest BCUT2D eigenvalue weighted by molar-refractivity contribution is 6.24. The number of rotatable bonds is 4. The minimum absolute atomic E-state index is 0.547. The second-order valence-electron chi connectivity index (χ2n) is 15.1. The molecule has 0 amide bonds. The van der Waals surface area contributed by atoms with Crippen LogP contribution in [0.4, 0.5) is 0 Å². The van der Waals surface area contributed by atoms with Gasteiger partial charge in [-0.1, -0.05) is 178 Å². The van der Waals surface area contributed by atoms with Gasteiger partial charge in [0.2, 0.25) is 5.95 Å². The number of fused-ring (bicyclic) bond motifs is 10. The topological polar surface area (TPSA) is 56.7 Å². The predicted octanol–water partition coefficient (Wildman–Crippen LogP) is 14.7. The van der Waals surface area contributed by atoms with Crippen LogP contribution in [0, 0.1) is 0 Å². The smallest absolute Gasteiger partial charge is 0.238 e. The van der Waals surface area contributed by atoms with Crippen molar-refractivity contribution in [1.29, 1.82) is 0 Å². The standard InChI is InChI=1S/C51H30N4O.C3H8/c1-3-14-34-29-36(25-23-31(34)11-1)49-52-50(37-26-24-32-12-2-4-15-35(32)30-37)54-51(53-49)55-44-28-27-33-13-5-6-16-38(33)46(44)43-21-9-18-40(47(43)55)42-20-10-19-41-39-17-7-8-22-45(39)56-48(41)42;1-3-2/h1-30H;3H2,1-2H3. The zero-order chi connectivity index (χ0) is 39.5. The highest BCUT2D eigenvalue weighted by Gasteiger charge is 2.23. The molecule has 5 heteroatoms. The first-order chi connectivity index (χ1) is 29.2. The van der Waals surface area contributed by atoms with Gasteiger partial charge in [-0.15, -0.1) is 0 Å². The summed E-state index contributed by atoms with van der Waals surface area (Å²) in [6, 6.07) is 63.9. The van der Waals surface area contributed by atoms with Crippen molar-refractivity contribution < 1.29 is 4.42 Å². The van der Waals surface area contributed by atoms with Crippen LogP contribution in [-0.2, 0) is 0 Å². The zero-order valence-electron chi connectivity index (χ0n) is 32.7. The minimum Gasteiger partial charge on any atom is -0.455 e. The maximum absolute atomic E-state index is 6.65. The van der Waals surface area contributed by atoms with Crippen LogP contribution in [-0.4, -0.2) is 19.5 Å². The lowest BCUT2D eigenvalue weighted by atomic mass is 9.98. The minimum atomic E-state index is 0.547. The van der Waals surface area contributed by atoms with Crippen molar-refractivity contribution in [1.82, 2.24) is 19.5 Å². The van der Waals surface area contributed by atoms with Gasteiger partial charge in [0.05, 0.1) is 11.0 Å². The fraction of sp³-hybridized carbons (Fsp3) is 0.0556. The van der Waals surface area contributed by atoms with E-state index in [-0.39, 0.29) is 0 Å². The van der Waals surface area contributed by atoms with Crippen LogP contribution in [0.3, 0.4) is 0 Å². The molecule has 3 heterocycles. The van der Waals surface area contributed by atoms with Crippen LogP contribution in [0.15, 0.2) is 186 Å². The molecule has 280 valence electrons. The molecule has 0 bridgehead atoms. The highest BCUT2D eigenvalue weighted by atomic mass is 16.3. The van der Waals surface area contributed by atoms with Crippen LogP contribution in [0.25, 0.3) is 116 Å². The monoisotopic (exact) mass is 758 g/mol. The summed E-state index contributed by atoms with van der Waals surface area (Å²) < 4.78 is 8.89. The summed E-state index contributed by atoms with van der Waals surface area (Å²) in [4.78, 5) is 15.9. The predicted molar refractivity (Wildman–Crippen MR) is 246 cm³/mol. The van der Waals surface area contributed by atoms with Crippen molar-refractivity contribution in [2.75, 3.05) is 0 Å². The molecular weight excluding hydrogens is 721 g/mol. The molecule has 0 saturated carbocycles. The van der Waals surface area contributed by atoms with E-state index in [1.165, 1.54) is 28.0 Å². The van der Waals surface area contributed by atoms with Crippen LogP contribution in [0.1, 0.15) is 20.3 Å². The number of para-hydroxylation sites is 3. The molecule has 0 fully saturated rings. The number of hydrogen-bond donors (Lipinski definition) is 0. The molecule has 5 nitrogen and oxygen atoms in total. The molecule has 59 heavy (non-hydrogen) atoms. The van der Waals surface area contributed by atoms with Gasteiger partial charge >= 0.3 is 0 Å². The maximum atomic E-state index is 6.65. The van der Waals surface area contributed by atoms with Gasteiger partial charge in [-0.2, -0.15) is 9.97 Å². The average molecular weight is 759 g/mol. The van der Waals surface area contributed by atoms with E-state index in [1.54, 1.807) is 0 Å². The Morgan fingerprint density at radius 1 is 0.441 bits per heavy atom. The van der Waals surface area contributed by atoms with Gasteiger partial charge in [-0.05, 0) is 56.6 Å². The number of aromatic nitrogens is 4. The molecule has 0 spiro atoms. The second-order valence-corrected chi connectivity index (χ2v) is 15.1. The van der Waals surface area contributed by atoms with Crippen LogP contribution in [0.5, 0.6) is 0 Å². The summed E-state index contributed by atoms with van der Waals surface area (Å²) in [6.45, 7) is 4.25. The molecule has 12 rings (SSSR count). The van der Waals surface area contributed by atoms with Crippen LogP contribution < -0.4 is 0 Å². The van der Waals surface area contributed by atoms with Crippen LogP contribution >= 0.6 is 0 Å². The van der Waals surface area contributed by atoms with Crippen LogP contribution in [0.2, 0.25) is 0 Å². The lowest BCUT2D eigenvalue weighted by Gasteiger charge is -2.13. The molecule has 0 unspecified atom stereocenters. The van der Waals surface area contributed by atoms with Crippen molar-refractivity contribution >= 4 is 76.1 Å². The zero-order valence-corrected chi connectivity index (χ0v) is 32.7. The molecular formula is C54H38N4O. The van der Waals surface area contributed by atoms with Gasteiger partial charge in [0.1, 0.15) is 11.2 Å². The first-order valence-corrected chi connectivity index (χ1v) is 20.3. The third-order valence-corrected chi connectivity index (χ3v) is 11.2. The third kappa shape index (κ3) is 5.73. The molecule has 9 aromatic carbocycles. The van der Waals surface area contributed by atoms with E-state index in [2.05, 4.69) is 188 Å². The summed E-state index contributed by atoms with van der Waals surface area (Å²) in [5.74, 6) is 1.76. The fourth-order valence-electron chi connectivity index (χ4n) is 8.60. The summed E-state index contributed by atoms with van der Waals surface area (Å²) in [6.07, 6.45) is 1.25. The molecule has 0 radical (unpaired) electrons. The molecule has 12 aromatic rings. The van der Waals surface area contributed by atoms with E-state index in [9.17, 15) is 0 Å². The fourth-order valence-corrected chi connectivity index (χ4v) is 8.60. The average Bonchev–Trinajstić information content (AvgIpc) is 3.85. The summed E-state index contributed by atoms with van der Waals surface area (Å²) in [5, 5.41) is 11.4. The van der Waals surface area contributed by atoms with Crippen molar-refractivity contribution in [3.05, 3.63) is 182 Å². The van der Waals surface area contributed by atoms with Crippen molar-refractivity contribution in [3.8, 4) is 39.9 Å². The normalized spacial score (nSPS) is 11.6. The Hall–Kier alpha value is -7.63. The van der Waals surface area contributed by atoms with E-state index in [4.69, 9.17) is 19.4 Å². The van der Waals surface area contributed by atoms with Crippen molar-refractivity contribution in [2.24, 2.45) is 0 Å². The largest absolute Gasteiger partial charge is 0.455 e. The molecule has 0 saturated heterocycles. The van der Waals surface area contributed by atoms with Crippen molar-refractivity contribution in [2.45, 2.75) is 20.3 Å². The number of benzene rings is 9. The molecule has 3 aromatic heterocycles. The Morgan fingerprint density at radius 2 is 0.966 bits per heavy atom. The van der Waals surface area contributed by atoms with E-state index in [0.29, 0.717) is 17.6 Å². The first kappa shape index (κ1) is 34.6. The lowest BCUT2D eigenvalue weighted by Crippen LogP contribution is -2.07. The number of furan rings is 1. The summed E-state index contributed by atoms with van der Waals surface area (Å²) in [5.41, 5.74) is 7.64. The maximum Gasteiger partial charge on any atom is 0.238 e. The molecule has 0 aliphatic heterocycles. The van der Waals surface area contributed by atoms with E-state index < -0.39 is 0 Å². The first-order valence-electron chi connectivity index (χ1n) is 20.3. The number of nitrogens with zero attached hydrogens (tertiary/aromatic N) is 4. The molecule has 0 atom stereocenters. The summed E-state index contributed by atoms with van der Waals surface area (Å²) in [7, 11) is 0. The Kier molecular flexibility index (Phi) is 8.26. The van der Waals surface area contributed by atoms with Gasteiger partial charge in [0, 0.05) is 43.8 Å². The lowest BCUT2D eigenvalue weighted by molar-refractivity contribution is 0.670. The molecule has 0 N–H and O–H groups in total. The third-order valence-electron chi connectivity index (χ3n) is 11.2. The van der Waals surface area contributed by atoms with E-state index in [0.717, 1.165) is 76.8 Å². The number of hydrogen-bond acceptors (Lipinski definition) is 4.